The Labute approximate surface area is 95.0 Å². The van der Waals surface area contributed by atoms with E-state index in [1.807, 2.05) is 25.1 Å². The maximum absolute atomic E-state index is 11.7. The highest BCUT2D eigenvalue weighted by Crippen LogP contribution is 2.21. The predicted molar refractivity (Wildman–Crippen MR) is 62.7 cm³/mol. The Kier molecular flexibility index (Phi) is 3.10. The largest absolute Gasteiger partial charge is 0.496 e. The van der Waals surface area contributed by atoms with E-state index in [0.29, 0.717) is 0 Å². The fraction of sp³-hybridized carbons (Fsp3) is 0.417. The van der Waals surface area contributed by atoms with Crippen LogP contribution in [0.5, 0.6) is 5.75 Å². The first-order valence-electron chi connectivity index (χ1n) is 5.37. The minimum atomic E-state index is 0.0864. The summed E-state index contributed by atoms with van der Waals surface area (Å²) in [6, 6.07) is 5.64. The molecule has 0 atom stereocenters. The number of methoxy groups -OCH3 is 1. The average molecular weight is 220 g/mol. The average Bonchev–Trinajstić information content (AvgIpc) is 2.15. The van der Waals surface area contributed by atoms with E-state index in [0.717, 1.165) is 30.1 Å². The van der Waals surface area contributed by atoms with E-state index < -0.39 is 0 Å². The number of aryl methyl sites for hydroxylation is 1. The molecule has 0 aliphatic carbocycles. The van der Waals surface area contributed by atoms with Crippen molar-refractivity contribution in [2.75, 3.05) is 25.5 Å². The van der Waals surface area contributed by atoms with E-state index in [1.54, 1.807) is 7.11 Å². The van der Waals surface area contributed by atoms with E-state index in [4.69, 9.17) is 4.74 Å². The number of ether oxygens (including phenoxy) is 1. The number of benzene rings is 1. The van der Waals surface area contributed by atoms with Gasteiger partial charge in [0.15, 0.2) is 0 Å². The molecule has 4 nitrogen and oxygen atoms in total. The second-order valence-electron chi connectivity index (χ2n) is 4.03. The first-order valence-corrected chi connectivity index (χ1v) is 5.37. The molecule has 1 amide bonds. The van der Waals surface area contributed by atoms with Gasteiger partial charge in [-0.1, -0.05) is 0 Å². The van der Waals surface area contributed by atoms with Crippen molar-refractivity contribution in [1.82, 2.24) is 5.32 Å². The minimum absolute atomic E-state index is 0.0864. The summed E-state index contributed by atoms with van der Waals surface area (Å²) >= 11 is 0. The third-order valence-corrected chi connectivity index (χ3v) is 2.81. The standard InChI is InChI=1S/C12H16N2O2/c1-8-5-10(3-4-11(8)16-2)14-12(15)9-6-13-7-9/h3-5,9,13H,6-7H2,1-2H3,(H,14,15). The molecule has 4 heteroatoms. The van der Waals surface area contributed by atoms with Crippen molar-refractivity contribution < 1.29 is 9.53 Å². The molecule has 0 saturated carbocycles. The summed E-state index contributed by atoms with van der Waals surface area (Å²) in [6.45, 7) is 3.52. The Balaban J connectivity index is 2.03. The summed E-state index contributed by atoms with van der Waals surface area (Å²) in [5, 5.41) is 5.98. The van der Waals surface area contributed by atoms with Gasteiger partial charge in [0.2, 0.25) is 5.91 Å². The van der Waals surface area contributed by atoms with Crippen LogP contribution in [-0.4, -0.2) is 26.1 Å². The van der Waals surface area contributed by atoms with Gasteiger partial charge in [0.25, 0.3) is 0 Å². The smallest absolute Gasteiger partial charge is 0.230 e. The predicted octanol–water partition coefficient (Wildman–Crippen LogP) is 1.16. The number of carbonyl (C=O) groups excluding carboxylic acids is 1. The summed E-state index contributed by atoms with van der Waals surface area (Å²) in [6.07, 6.45) is 0. The molecular weight excluding hydrogens is 204 g/mol. The van der Waals surface area contributed by atoms with Crippen LogP contribution in [0.2, 0.25) is 0 Å². The quantitative estimate of drug-likeness (QED) is 0.803. The molecule has 2 N–H and O–H groups in total. The second-order valence-corrected chi connectivity index (χ2v) is 4.03. The molecule has 1 aliphatic rings. The summed E-state index contributed by atoms with van der Waals surface area (Å²) < 4.78 is 5.16. The van der Waals surface area contributed by atoms with Crippen LogP contribution in [0.1, 0.15) is 5.56 Å². The van der Waals surface area contributed by atoms with Crippen molar-refractivity contribution in [1.29, 1.82) is 0 Å². The monoisotopic (exact) mass is 220 g/mol. The van der Waals surface area contributed by atoms with Gasteiger partial charge in [-0.3, -0.25) is 4.79 Å². The van der Waals surface area contributed by atoms with Crippen molar-refractivity contribution in [3.8, 4) is 5.75 Å². The summed E-state index contributed by atoms with van der Waals surface area (Å²) in [7, 11) is 1.64. The second kappa shape index (κ2) is 4.53. The summed E-state index contributed by atoms with van der Waals surface area (Å²) in [5.41, 5.74) is 1.85. The van der Waals surface area contributed by atoms with E-state index in [-0.39, 0.29) is 11.8 Å². The zero-order valence-corrected chi connectivity index (χ0v) is 9.54. The molecule has 1 saturated heterocycles. The zero-order valence-electron chi connectivity index (χ0n) is 9.54. The van der Waals surface area contributed by atoms with Crippen molar-refractivity contribution in [2.24, 2.45) is 5.92 Å². The topological polar surface area (TPSA) is 50.4 Å². The highest BCUT2D eigenvalue weighted by Gasteiger charge is 2.24. The molecule has 2 rings (SSSR count). The molecule has 0 spiro atoms. The molecule has 16 heavy (non-hydrogen) atoms. The number of rotatable bonds is 3. The van der Waals surface area contributed by atoms with E-state index in [1.165, 1.54) is 0 Å². The highest BCUT2D eigenvalue weighted by atomic mass is 16.5. The number of anilines is 1. The number of amides is 1. The molecule has 1 fully saturated rings. The Morgan fingerprint density at radius 3 is 2.75 bits per heavy atom. The first kappa shape index (κ1) is 11.0. The van der Waals surface area contributed by atoms with Crippen molar-refractivity contribution >= 4 is 11.6 Å². The fourth-order valence-electron chi connectivity index (χ4n) is 1.67. The van der Waals surface area contributed by atoms with Crippen LogP contribution in [-0.2, 0) is 4.79 Å². The van der Waals surface area contributed by atoms with E-state index >= 15 is 0 Å². The van der Waals surface area contributed by atoms with Gasteiger partial charge in [0, 0.05) is 18.8 Å². The van der Waals surface area contributed by atoms with E-state index in [2.05, 4.69) is 10.6 Å². The maximum atomic E-state index is 11.7. The molecule has 86 valence electrons. The summed E-state index contributed by atoms with van der Waals surface area (Å²) in [4.78, 5) is 11.7. The summed E-state index contributed by atoms with van der Waals surface area (Å²) in [5.74, 6) is 1.04. The van der Waals surface area contributed by atoms with Gasteiger partial charge in [-0.05, 0) is 30.7 Å². The molecule has 0 aromatic heterocycles. The molecule has 1 aromatic carbocycles. The number of hydrogen-bond donors (Lipinski definition) is 2. The minimum Gasteiger partial charge on any atom is -0.496 e. The van der Waals surface area contributed by atoms with Crippen molar-refractivity contribution in [3.05, 3.63) is 23.8 Å². The van der Waals surface area contributed by atoms with Gasteiger partial charge < -0.3 is 15.4 Å². The fourth-order valence-corrected chi connectivity index (χ4v) is 1.67. The van der Waals surface area contributed by atoms with Gasteiger partial charge in [0.05, 0.1) is 13.0 Å². The number of carbonyl (C=O) groups is 1. The lowest BCUT2D eigenvalue weighted by Crippen LogP contribution is -2.48. The SMILES string of the molecule is COc1ccc(NC(=O)C2CNC2)cc1C. The Bertz CT molecular complexity index is 400. The van der Waals surface area contributed by atoms with Crippen molar-refractivity contribution in [2.45, 2.75) is 6.92 Å². The van der Waals surface area contributed by atoms with Gasteiger partial charge in [-0.25, -0.2) is 0 Å². The van der Waals surface area contributed by atoms with Crippen LogP contribution in [0.4, 0.5) is 5.69 Å². The van der Waals surface area contributed by atoms with Crippen LogP contribution in [0.15, 0.2) is 18.2 Å². The molecule has 1 heterocycles. The lowest BCUT2D eigenvalue weighted by atomic mass is 10.0. The Hall–Kier alpha value is -1.55. The third kappa shape index (κ3) is 2.17. The Morgan fingerprint density at radius 1 is 1.50 bits per heavy atom. The van der Waals surface area contributed by atoms with Gasteiger partial charge in [-0.2, -0.15) is 0 Å². The lowest BCUT2D eigenvalue weighted by molar-refractivity contribution is -0.121. The zero-order chi connectivity index (χ0) is 11.5. The number of nitrogens with one attached hydrogen (secondary N) is 2. The lowest BCUT2D eigenvalue weighted by Gasteiger charge is -2.25. The van der Waals surface area contributed by atoms with E-state index in [9.17, 15) is 4.79 Å². The van der Waals surface area contributed by atoms with Crippen molar-refractivity contribution in [3.63, 3.8) is 0 Å². The maximum Gasteiger partial charge on any atom is 0.230 e. The highest BCUT2D eigenvalue weighted by molar-refractivity contribution is 5.93. The van der Waals surface area contributed by atoms with Crippen LogP contribution in [0.3, 0.4) is 0 Å². The molecular formula is C12H16N2O2. The van der Waals surface area contributed by atoms with Gasteiger partial charge >= 0.3 is 0 Å². The molecule has 0 bridgehead atoms. The normalized spacial score (nSPS) is 15.4. The van der Waals surface area contributed by atoms with Crippen LogP contribution < -0.4 is 15.4 Å². The Morgan fingerprint density at radius 2 is 2.25 bits per heavy atom. The van der Waals surface area contributed by atoms with Gasteiger partial charge in [0.1, 0.15) is 5.75 Å². The van der Waals surface area contributed by atoms with Crippen LogP contribution >= 0.6 is 0 Å². The van der Waals surface area contributed by atoms with Crippen LogP contribution in [0, 0.1) is 12.8 Å². The molecule has 1 aliphatic heterocycles. The molecule has 0 unspecified atom stereocenters. The molecule has 0 radical (unpaired) electrons. The first-order chi connectivity index (χ1) is 7.70. The molecule has 1 aromatic rings. The third-order valence-electron chi connectivity index (χ3n) is 2.81. The van der Waals surface area contributed by atoms with Gasteiger partial charge in [-0.15, -0.1) is 0 Å². The van der Waals surface area contributed by atoms with Crippen LogP contribution in [0.25, 0.3) is 0 Å². The number of hydrogen-bond acceptors (Lipinski definition) is 3.